The molecule has 3 rings (SSSR count). The van der Waals surface area contributed by atoms with E-state index in [-0.39, 0.29) is 5.91 Å². The number of amides is 1. The number of thiophene rings is 1. The number of esters is 1. The lowest BCUT2D eigenvalue weighted by Crippen LogP contribution is -2.32. The van der Waals surface area contributed by atoms with Crippen LogP contribution >= 0.6 is 11.3 Å². The fourth-order valence-electron chi connectivity index (χ4n) is 3.49. The van der Waals surface area contributed by atoms with Gasteiger partial charge in [0.05, 0.1) is 12.7 Å². The van der Waals surface area contributed by atoms with Gasteiger partial charge in [-0.25, -0.2) is 4.79 Å². The highest BCUT2D eigenvalue weighted by Gasteiger charge is 2.29. The van der Waals surface area contributed by atoms with Gasteiger partial charge in [0.1, 0.15) is 10.8 Å². The zero-order chi connectivity index (χ0) is 20.3. The molecule has 0 aliphatic heterocycles. The van der Waals surface area contributed by atoms with Gasteiger partial charge in [0.15, 0.2) is 6.10 Å². The Labute approximate surface area is 170 Å². The molecular formula is C22H27NO4S. The first-order chi connectivity index (χ1) is 13.5. The van der Waals surface area contributed by atoms with Crippen LogP contribution in [0.1, 0.15) is 58.1 Å². The first kappa shape index (κ1) is 20.4. The number of benzene rings is 1. The average Bonchev–Trinajstić information content (AvgIpc) is 3.06. The minimum Gasteiger partial charge on any atom is -0.480 e. The Hall–Kier alpha value is -2.34. The molecule has 0 bridgehead atoms. The van der Waals surface area contributed by atoms with Crippen molar-refractivity contribution in [1.82, 2.24) is 0 Å². The van der Waals surface area contributed by atoms with Crippen LogP contribution in [0, 0.1) is 13.8 Å². The number of fused-ring (bicyclic) bond motifs is 1. The SMILES string of the molecule is CC[C@@H](Oc1cccc(C)c1C)C(=O)Nc1sc2c(c1C(=O)OC)CCCC2. The monoisotopic (exact) mass is 401 g/mol. The molecule has 1 amide bonds. The molecule has 0 saturated carbocycles. The summed E-state index contributed by atoms with van der Waals surface area (Å²) in [6.45, 7) is 5.91. The maximum Gasteiger partial charge on any atom is 0.341 e. The molecule has 0 saturated heterocycles. The van der Waals surface area contributed by atoms with Gasteiger partial charge in [-0.3, -0.25) is 4.79 Å². The lowest BCUT2D eigenvalue weighted by Gasteiger charge is -2.19. The smallest absolute Gasteiger partial charge is 0.341 e. The largest absolute Gasteiger partial charge is 0.480 e. The summed E-state index contributed by atoms with van der Waals surface area (Å²) in [5.74, 6) is 0.0750. The number of ether oxygens (including phenoxy) is 2. The summed E-state index contributed by atoms with van der Waals surface area (Å²) in [7, 11) is 1.37. The molecule has 5 nitrogen and oxygen atoms in total. The van der Waals surface area contributed by atoms with E-state index < -0.39 is 12.1 Å². The van der Waals surface area contributed by atoms with Crippen LogP contribution in [0.15, 0.2) is 18.2 Å². The van der Waals surface area contributed by atoms with Gasteiger partial charge in [-0.2, -0.15) is 0 Å². The molecule has 1 aliphatic carbocycles. The standard InChI is InChI=1S/C22H27NO4S/c1-5-16(27-17-11-8-9-13(2)14(17)3)20(24)23-21-19(22(25)26-4)15-10-6-7-12-18(15)28-21/h8-9,11,16H,5-7,10,12H2,1-4H3,(H,23,24)/t16-/m1/s1. The number of carbonyl (C=O) groups is 2. The van der Waals surface area contributed by atoms with Gasteiger partial charge in [0.25, 0.3) is 5.91 Å². The quantitative estimate of drug-likeness (QED) is 0.705. The lowest BCUT2D eigenvalue weighted by molar-refractivity contribution is -0.122. The molecule has 28 heavy (non-hydrogen) atoms. The molecule has 0 radical (unpaired) electrons. The molecule has 150 valence electrons. The molecule has 1 aliphatic rings. The average molecular weight is 402 g/mol. The molecule has 6 heteroatoms. The number of carbonyl (C=O) groups excluding carboxylic acids is 2. The van der Waals surface area contributed by atoms with Gasteiger partial charge in [-0.1, -0.05) is 19.1 Å². The molecule has 0 spiro atoms. The van der Waals surface area contributed by atoms with E-state index in [0.29, 0.717) is 22.7 Å². The lowest BCUT2D eigenvalue weighted by atomic mass is 9.95. The second-order valence-electron chi connectivity index (χ2n) is 7.11. The number of anilines is 1. The molecule has 0 fully saturated rings. The molecule has 0 unspecified atom stereocenters. The first-order valence-corrected chi connectivity index (χ1v) is 10.5. The number of hydrogen-bond donors (Lipinski definition) is 1. The number of aryl methyl sites for hydroxylation is 2. The van der Waals surface area contributed by atoms with Crippen LogP contribution in [0.2, 0.25) is 0 Å². The molecule has 1 aromatic carbocycles. The highest BCUT2D eigenvalue weighted by atomic mass is 32.1. The van der Waals surface area contributed by atoms with Crippen molar-refractivity contribution >= 4 is 28.2 Å². The van der Waals surface area contributed by atoms with Crippen molar-refractivity contribution in [2.45, 2.75) is 59.0 Å². The van der Waals surface area contributed by atoms with Crippen molar-refractivity contribution in [2.24, 2.45) is 0 Å². The van der Waals surface area contributed by atoms with Gasteiger partial charge < -0.3 is 14.8 Å². The third-order valence-electron chi connectivity index (χ3n) is 5.28. The number of hydrogen-bond acceptors (Lipinski definition) is 5. The topological polar surface area (TPSA) is 64.6 Å². The van der Waals surface area contributed by atoms with Gasteiger partial charge in [-0.15, -0.1) is 11.3 Å². The summed E-state index contributed by atoms with van der Waals surface area (Å²) >= 11 is 1.49. The van der Waals surface area contributed by atoms with E-state index in [0.717, 1.165) is 42.4 Å². The Morgan fingerprint density at radius 1 is 1.21 bits per heavy atom. The minimum absolute atomic E-state index is 0.243. The Morgan fingerprint density at radius 3 is 2.68 bits per heavy atom. The fourth-order valence-corrected chi connectivity index (χ4v) is 4.77. The normalized spacial score (nSPS) is 14.1. The first-order valence-electron chi connectivity index (χ1n) is 9.72. The second kappa shape index (κ2) is 8.78. The van der Waals surface area contributed by atoms with E-state index in [1.807, 2.05) is 39.0 Å². The van der Waals surface area contributed by atoms with Crippen molar-refractivity contribution in [3.63, 3.8) is 0 Å². The second-order valence-corrected chi connectivity index (χ2v) is 8.21. The Morgan fingerprint density at radius 2 is 1.96 bits per heavy atom. The van der Waals surface area contributed by atoms with E-state index in [4.69, 9.17) is 9.47 Å². The number of rotatable bonds is 6. The van der Waals surface area contributed by atoms with Gasteiger partial charge in [0.2, 0.25) is 0 Å². The summed E-state index contributed by atoms with van der Waals surface area (Å²) in [4.78, 5) is 26.5. The van der Waals surface area contributed by atoms with Crippen LogP contribution in [0.25, 0.3) is 0 Å². The Kier molecular flexibility index (Phi) is 6.39. The molecule has 1 N–H and O–H groups in total. The third kappa shape index (κ3) is 4.07. The minimum atomic E-state index is -0.634. The van der Waals surface area contributed by atoms with Crippen LogP contribution in [0.5, 0.6) is 5.75 Å². The van der Waals surface area contributed by atoms with Crippen LogP contribution in [0.4, 0.5) is 5.00 Å². The van der Waals surface area contributed by atoms with Crippen LogP contribution in [-0.4, -0.2) is 25.1 Å². The van der Waals surface area contributed by atoms with Crippen LogP contribution in [0.3, 0.4) is 0 Å². The summed E-state index contributed by atoms with van der Waals surface area (Å²) in [5, 5.41) is 3.52. The van der Waals surface area contributed by atoms with Crippen LogP contribution < -0.4 is 10.1 Å². The maximum absolute atomic E-state index is 12.9. The van der Waals surface area contributed by atoms with Gasteiger partial charge in [0, 0.05) is 4.88 Å². The Bertz CT molecular complexity index is 887. The van der Waals surface area contributed by atoms with E-state index >= 15 is 0 Å². The van der Waals surface area contributed by atoms with E-state index in [1.54, 1.807) is 0 Å². The summed E-state index contributed by atoms with van der Waals surface area (Å²) in [6, 6.07) is 5.81. The molecular weight excluding hydrogens is 374 g/mol. The zero-order valence-corrected chi connectivity index (χ0v) is 17.7. The van der Waals surface area contributed by atoms with Crippen LogP contribution in [-0.2, 0) is 22.4 Å². The number of methoxy groups -OCH3 is 1. The van der Waals surface area contributed by atoms with E-state index in [2.05, 4.69) is 5.32 Å². The zero-order valence-electron chi connectivity index (χ0n) is 16.9. The van der Waals surface area contributed by atoms with Gasteiger partial charge >= 0.3 is 5.97 Å². The molecule has 1 aromatic heterocycles. The van der Waals surface area contributed by atoms with Crippen molar-refractivity contribution < 1.29 is 19.1 Å². The Balaban J connectivity index is 1.84. The summed E-state index contributed by atoms with van der Waals surface area (Å²) < 4.78 is 11.0. The van der Waals surface area contributed by atoms with E-state index in [9.17, 15) is 9.59 Å². The highest BCUT2D eigenvalue weighted by molar-refractivity contribution is 7.17. The predicted octanol–water partition coefficient (Wildman–Crippen LogP) is 4.83. The fraction of sp³-hybridized carbons (Fsp3) is 0.455. The van der Waals surface area contributed by atoms with Gasteiger partial charge in [-0.05, 0) is 68.7 Å². The van der Waals surface area contributed by atoms with Crippen molar-refractivity contribution in [3.8, 4) is 5.75 Å². The number of nitrogens with one attached hydrogen (secondary N) is 1. The van der Waals surface area contributed by atoms with Crippen molar-refractivity contribution in [2.75, 3.05) is 12.4 Å². The maximum atomic E-state index is 12.9. The summed E-state index contributed by atoms with van der Waals surface area (Å²) in [6.07, 6.45) is 3.84. The highest BCUT2D eigenvalue weighted by Crippen LogP contribution is 2.38. The third-order valence-corrected chi connectivity index (χ3v) is 6.49. The summed E-state index contributed by atoms with van der Waals surface area (Å²) in [5.41, 5.74) is 3.68. The predicted molar refractivity (Wildman–Crippen MR) is 112 cm³/mol. The molecule has 1 atom stereocenters. The molecule has 2 aromatic rings. The van der Waals surface area contributed by atoms with Crippen molar-refractivity contribution in [3.05, 3.63) is 45.3 Å². The van der Waals surface area contributed by atoms with E-state index in [1.165, 1.54) is 23.3 Å². The molecule has 1 heterocycles. The van der Waals surface area contributed by atoms with Crippen molar-refractivity contribution in [1.29, 1.82) is 0 Å².